The Morgan fingerprint density at radius 3 is 2.75 bits per heavy atom. The van der Waals surface area contributed by atoms with E-state index in [0.717, 1.165) is 6.07 Å². The molecule has 2 rings (SSSR count). The molecule has 0 aliphatic carbocycles. The van der Waals surface area contributed by atoms with E-state index in [-0.39, 0.29) is 17.4 Å². The molecule has 0 aliphatic rings. The number of nitrogens with zero attached hydrogens (tertiary/aromatic N) is 1. The van der Waals surface area contributed by atoms with E-state index in [0.29, 0.717) is 11.3 Å². The molecule has 2 aromatic rings. The van der Waals surface area contributed by atoms with Gasteiger partial charge in [0.05, 0.1) is 18.2 Å². The molecule has 7 heteroatoms. The molecule has 0 spiro atoms. The summed E-state index contributed by atoms with van der Waals surface area (Å²) in [5.41, 5.74) is 0.538. The first-order valence-corrected chi connectivity index (χ1v) is 7.32. The van der Waals surface area contributed by atoms with Crippen LogP contribution in [-0.2, 0) is 4.79 Å². The van der Waals surface area contributed by atoms with E-state index in [2.05, 4.69) is 5.32 Å². The normalized spacial score (nSPS) is 11.2. The third kappa shape index (κ3) is 4.37. The number of carbonyl (C=O) groups is 1. The summed E-state index contributed by atoms with van der Waals surface area (Å²) >= 11 is 5.82. The van der Waals surface area contributed by atoms with Crippen LogP contribution in [0.4, 0.5) is 4.39 Å². The maximum Gasteiger partial charge on any atom is 0.259 e. The second kappa shape index (κ2) is 8.18. The van der Waals surface area contributed by atoms with E-state index in [1.54, 1.807) is 24.3 Å². The minimum atomic E-state index is -0.888. The number of hydrogen-bond acceptors (Lipinski definition) is 4. The largest absolute Gasteiger partial charge is 0.496 e. The first-order chi connectivity index (χ1) is 11.5. The van der Waals surface area contributed by atoms with E-state index in [1.807, 2.05) is 6.07 Å². The van der Waals surface area contributed by atoms with Crippen LogP contribution in [0.2, 0.25) is 5.02 Å². The summed E-state index contributed by atoms with van der Waals surface area (Å²) in [5.74, 6) is -0.351. The molecule has 5 nitrogen and oxygen atoms in total. The number of benzene rings is 2. The van der Waals surface area contributed by atoms with Gasteiger partial charge in [0, 0.05) is 5.56 Å². The molecule has 0 fully saturated rings. The molecule has 0 aromatic heterocycles. The predicted octanol–water partition coefficient (Wildman–Crippen LogP) is 3.25. The first-order valence-electron chi connectivity index (χ1n) is 6.95. The van der Waals surface area contributed by atoms with Gasteiger partial charge in [0.25, 0.3) is 5.91 Å². The molecule has 0 heterocycles. The molecule has 0 aliphatic heterocycles. The molecule has 124 valence electrons. The molecule has 0 saturated carbocycles. The van der Waals surface area contributed by atoms with Gasteiger partial charge in [-0.3, -0.25) is 4.79 Å². The third-order valence-corrected chi connectivity index (χ3v) is 3.43. The Morgan fingerprint density at radius 1 is 1.33 bits per heavy atom. The highest BCUT2D eigenvalue weighted by atomic mass is 35.5. The fraction of sp³-hybridized carbons (Fsp3) is 0.176. The lowest BCUT2D eigenvalue weighted by Crippen LogP contribution is -2.32. The minimum absolute atomic E-state index is 0.0596. The molecule has 2 aromatic carbocycles. The van der Waals surface area contributed by atoms with E-state index >= 15 is 0 Å². The smallest absolute Gasteiger partial charge is 0.259 e. The number of rotatable bonds is 6. The van der Waals surface area contributed by atoms with Crippen LogP contribution in [0.3, 0.4) is 0 Å². The summed E-state index contributed by atoms with van der Waals surface area (Å²) in [6.45, 7) is -0.362. The van der Waals surface area contributed by atoms with Gasteiger partial charge in [-0.15, -0.1) is 0 Å². The standard InChI is InChI=1S/C17H14ClFN2O3/c1-23-15-5-3-2-4-12(15)14(9-20)21-17(22)10-24-16-7-6-11(19)8-13(16)18/h2-8,14H,10H2,1H3,(H,21,22). The van der Waals surface area contributed by atoms with Crippen molar-refractivity contribution >= 4 is 17.5 Å². The second-order valence-electron chi connectivity index (χ2n) is 4.73. The van der Waals surface area contributed by atoms with Crippen molar-refractivity contribution in [3.63, 3.8) is 0 Å². The summed E-state index contributed by atoms with van der Waals surface area (Å²) in [6.07, 6.45) is 0. The second-order valence-corrected chi connectivity index (χ2v) is 5.14. The summed E-state index contributed by atoms with van der Waals surface area (Å²) in [4.78, 5) is 12.0. The highest BCUT2D eigenvalue weighted by molar-refractivity contribution is 6.32. The SMILES string of the molecule is COc1ccccc1C(C#N)NC(=O)COc1ccc(F)cc1Cl. The van der Waals surface area contributed by atoms with Crippen molar-refractivity contribution < 1.29 is 18.7 Å². The zero-order valence-corrected chi connectivity index (χ0v) is 13.5. The number of nitrogens with one attached hydrogen (secondary N) is 1. The Kier molecular flexibility index (Phi) is 5.99. The number of methoxy groups -OCH3 is 1. The average molecular weight is 349 g/mol. The van der Waals surface area contributed by atoms with E-state index in [4.69, 9.17) is 21.1 Å². The van der Waals surface area contributed by atoms with Crippen LogP contribution < -0.4 is 14.8 Å². The van der Waals surface area contributed by atoms with Crippen LogP contribution in [0, 0.1) is 17.1 Å². The van der Waals surface area contributed by atoms with Crippen molar-refractivity contribution in [2.45, 2.75) is 6.04 Å². The number of para-hydroxylation sites is 1. The molecular formula is C17H14ClFN2O3. The molecule has 24 heavy (non-hydrogen) atoms. The van der Waals surface area contributed by atoms with Gasteiger partial charge in [-0.05, 0) is 24.3 Å². The maximum absolute atomic E-state index is 13.0. The van der Waals surface area contributed by atoms with Gasteiger partial charge >= 0.3 is 0 Å². The summed E-state index contributed by atoms with van der Waals surface area (Å²) in [7, 11) is 1.48. The molecule has 0 radical (unpaired) electrons. The fourth-order valence-electron chi connectivity index (χ4n) is 2.02. The van der Waals surface area contributed by atoms with Gasteiger partial charge in [0.1, 0.15) is 23.4 Å². The summed E-state index contributed by atoms with van der Waals surface area (Å²) in [6, 6.07) is 11.6. The Labute approximate surface area is 143 Å². The van der Waals surface area contributed by atoms with Crippen LogP contribution in [0.5, 0.6) is 11.5 Å². The number of halogens is 2. The lowest BCUT2D eigenvalue weighted by Gasteiger charge is -2.15. The van der Waals surface area contributed by atoms with Crippen LogP contribution in [-0.4, -0.2) is 19.6 Å². The zero-order valence-electron chi connectivity index (χ0n) is 12.8. The lowest BCUT2D eigenvalue weighted by atomic mass is 10.1. The monoisotopic (exact) mass is 348 g/mol. The van der Waals surface area contributed by atoms with Gasteiger partial charge in [-0.1, -0.05) is 29.8 Å². The Morgan fingerprint density at radius 2 is 2.08 bits per heavy atom. The predicted molar refractivity (Wildman–Crippen MR) is 86.4 cm³/mol. The van der Waals surface area contributed by atoms with Crippen LogP contribution in [0.15, 0.2) is 42.5 Å². The van der Waals surface area contributed by atoms with Gasteiger partial charge in [-0.2, -0.15) is 5.26 Å². The minimum Gasteiger partial charge on any atom is -0.496 e. The number of amides is 1. The van der Waals surface area contributed by atoms with E-state index in [9.17, 15) is 14.4 Å². The average Bonchev–Trinajstić information content (AvgIpc) is 2.59. The van der Waals surface area contributed by atoms with Gasteiger partial charge in [0.2, 0.25) is 0 Å². The summed E-state index contributed by atoms with van der Waals surface area (Å²) in [5, 5.41) is 11.9. The van der Waals surface area contributed by atoms with Crippen molar-refractivity contribution in [2.75, 3.05) is 13.7 Å². The number of nitriles is 1. The molecule has 0 bridgehead atoms. The Balaban J connectivity index is 2.01. The van der Waals surface area contributed by atoms with Crippen LogP contribution >= 0.6 is 11.6 Å². The van der Waals surface area contributed by atoms with Crippen LogP contribution in [0.1, 0.15) is 11.6 Å². The van der Waals surface area contributed by atoms with Crippen molar-refractivity contribution in [3.05, 3.63) is 58.9 Å². The Bertz CT molecular complexity index is 777. The molecule has 0 saturated heterocycles. The topological polar surface area (TPSA) is 71.3 Å². The summed E-state index contributed by atoms with van der Waals surface area (Å²) < 4.78 is 23.4. The molecule has 1 unspecified atom stereocenters. The van der Waals surface area contributed by atoms with E-state index in [1.165, 1.54) is 19.2 Å². The highest BCUT2D eigenvalue weighted by Crippen LogP contribution is 2.26. The molecular weight excluding hydrogens is 335 g/mol. The molecule has 1 amide bonds. The molecule has 1 atom stereocenters. The van der Waals surface area contributed by atoms with Crippen LogP contribution in [0.25, 0.3) is 0 Å². The van der Waals surface area contributed by atoms with Crippen molar-refractivity contribution in [1.29, 1.82) is 5.26 Å². The quantitative estimate of drug-likeness (QED) is 0.869. The zero-order chi connectivity index (χ0) is 17.5. The van der Waals surface area contributed by atoms with Gasteiger partial charge in [-0.25, -0.2) is 4.39 Å². The Hall–Kier alpha value is -2.78. The highest BCUT2D eigenvalue weighted by Gasteiger charge is 2.18. The van der Waals surface area contributed by atoms with Crippen molar-refractivity contribution in [3.8, 4) is 17.6 Å². The molecule has 1 N–H and O–H groups in total. The van der Waals surface area contributed by atoms with Gasteiger partial charge in [0.15, 0.2) is 6.61 Å². The number of carbonyl (C=O) groups excluding carboxylic acids is 1. The fourth-order valence-corrected chi connectivity index (χ4v) is 2.24. The number of ether oxygens (including phenoxy) is 2. The number of hydrogen-bond donors (Lipinski definition) is 1. The van der Waals surface area contributed by atoms with E-state index < -0.39 is 17.8 Å². The van der Waals surface area contributed by atoms with Crippen molar-refractivity contribution in [2.24, 2.45) is 0 Å². The van der Waals surface area contributed by atoms with Gasteiger partial charge < -0.3 is 14.8 Å². The third-order valence-electron chi connectivity index (χ3n) is 3.14. The lowest BCUT2D eigenvalue weighted by molar-refractivity contribution is -0.123. The van der Waals surface area contributed by atoms with Crippen molar-refractivity contribution in [1.82, 2.24) is 5.32 Å². The first kappa shape index (κ1) is 17.6. The maximum atomic E-state index is 13.0.